The van der Waals surface area contributed by atoms with Crippen molar-refractivity contribution in [1.29, 1.82) is 0 Å². The first-order valence-corrected chi connectivity index (χ1v) is 23.5. The third-order valence-corrected chi connectivity index (χ3v) is 12.0. The van der Waals surface area contributed by atoms with Crippen molar-refractivity contribution in [1.82, 2.24) is 0 Å². The molecule has 0 aromatic heterocycles. The monoisotopic (exact) mass is 938 g/mol. The van der Waals surface area contributed by atoms with Crippen molar-refractivity contribution in [2.75, 3.05) is 20.3 Å². The highest BCUT2D eigenvalue weighted by atomic mass is 16.8. The smallest absolute Gasteiger partial charge is 0.303 e. The maximum atomic E-state index is 13.1. The fourth-order valence-corrected chi connectivity index (χ4v) is 8.51. The topological polar surface area (TPSA) is 119 Å². The van der Waals surface area contributed by atoms with Gasteiger partial charge in [-0.3, -0.25) is 4.79 Å². The average molecular weight is 939 g/mol. The molecule has 2 aliphatic heterocycles. The molecule has 12 nitrogen and oxygen atoms in total. The summed E-state index contributed by atoms with van der Waals surface area (Å²) in [5, 5.41) is 0. The largest absolute Gasteiger partial charge is 0.454 e. The van der Waals surface area contributed by atoms with Crippen LogP contribution in [0.4, 0.5) is 0 Å². The molecule has 12 heteroatoms. The zero-order valence-electron chi connectivity index (χ0n) is 39.1. The molecular weight excluding hydrogens is 877 g/mol. The van der Waals surface area contributed by atoms with Crippen molar-refractivity contribution < 1.29 is 56.9 Å². The van der Waals surface area contributed by atoms with E-state index >= 15 is 0 Å². The first-order chi connectivity index (χ1) is 34.0. The predicted octanol–water partition coefficient (Wildman–Crippen LogP) is 9.17. The number of benzene rings is 6. The second-order valence-corrected chi connectivity index (χ2v) is 17.0. The molecule has 0 bridgehead atoms. The Morgan fingerprint density at radius 2 is 0.696 bits per heavy atom. The molecule has 0 radical (unpaired) electrons. The van der Waals surface area contributed by atoms with Crippen molar-refractivity contribution in [3.05, 3.63) is 215 Å². The molecule has 8 rings (SSSR count). The van der Waals surface area contributed by atoms with Crippen LogP contribution in [-0.2, 0) is 96.5 Å². The number of carbonyl (C=O) groups is 1. The third-order valence-electron chi connectivity index (χ3n) is 12.0. The highest BCUT2D eigenvalue weighted by molar-refractivity contribution is 5.66. The lowest BCUT2D eigenvalue weighted by Crippen LogP contribution is -2.64. The number of hydrogen-bond donors (Lipinski definition) is 0. The summed E-state index contributed by atoms with van der Waals surface area (Å²) in [5.74, 6) is -0.545. The van der Waals surface area contributed by atoms with Gasteiger partial charge in [0, 0.05) is 14.0 Å². The molecule has 362 valence electrons. The van der Waals surface area contributed by atoms with Gasteiger partial charge >= 0.3 is 5.97 Å². The Morgan fingerprint density at radius 1 is 0.377 bits per heavy atom. The van der Waals surface area contributed by atoms with Gasteiger partial charge in [-0.15, -0.1) is 0 Å². The van der Waals surface area contributed by atoms with Crippen LogP contribution in [0.25, 0.3) is 0 Å². The average Bonchev–Trinajstić information content (AvgIpc) is 3.39. The zero-order valence-corrected chi connectivity index (χ0v) is 39.1. The van der Waals surface area contributed by atoms with Crippen LogP contribution in [0, 0.1) is 0 Å². The van der Waals surface area contributed by atoms with Gasteiger partial charge in [-0.2, -0.15) is 0 Å². The molecule has 6 aromatic rings. The Balaban J connectivity index is 1.11. The Kier molecular flexibility index (Phi) is 19.0. The molecule has 0 saturated carbocycles. The number of hydrogen-bond acceptors (Lipinski definition) is 12. The fraction of sp³-hybridized carbons (Fsp3) is 0.351. The highest BCUT2D eigenvalue weighted by Gasteiger charge is 2.53. The fourth-order valence-electron chi connectivity index (χ4n) is 8.51. The van der Waals surface area contributed by atoms with Crippen LogP contribution in [0.2, 0.25) is 0 Å². The van der Waals surface area contributed by atoms with E-state index in [0.717, 1.165) is 33.4 Å². The first kappa shape index (κ1) is 49.8. The van der Waals surface area contributed by atoms with E-state index in [2.05, 4.69) is 0 Å². The van der Waals surface area contributed by atoms with E-state index in [1.54, 1.807) is 7.11 Å². The molecule has 10 atom stereocenters. The minimum atomic E-state index is -1.17. The number of esters is 1. The van der Waals surface area contributed by atoms with Crippen LogP contribution in [0.5, 0.6) is 0 Å². The number of rotatable bonds is 24. The van der Waals surface area contributed by atoms with Gasteiger partial charge in [-0.25, -0.2) is 0 Å². The maximum absolute atomic E-state index is 13.1. The zero-order chi connectivity index (χ0) is 47.5. The molecule has 0 amide bonds. The summed E-state index contributed by atoms with van der Waals surface area (Å²) in [7, 11) is 1.58. The van der Waals surface area contributed by atoms with Gasteiger partial charge in [-0.1, -0.05) is 182 Å². The molecule has 6 aromatic carbocycles. The third kappa shape index (κ3) is 14.7. The highest BCUT2D eigenvalue weighted by Crippen LogP contribution is 2.35. The summed E-state index contributed by atoms with van der Waals surface area (Å²) in [6.07, 6.45) is -8.53. The summed E-state index contributed by atoms with van der Waals surface area (Å²) >= 11 is 0. The van der Waals surface area contributed by atoms with E-state index in [-0.39, 0.29) is 46.2 Å². The van der Waals surface area contributed by atoms with Crippen LogP contribution >= 0.6 is 0 Å². The first-order valence-electron chi connectivity index (χ1n) is 23.5. The molecule has 0 N–H and O–H groups in total. The SMILES string of the molecule is CO[C@H]1O[C@H](CO[C@@H]2O[C@H](COCc3ccccc3)[C@H](OCc3ccccc3)[C@H](OCc3ccccc3)[C@H]2OC(C)=O)[C@@H](OCc2ccccc2)[C@H](OCc2ccccc2)[C@H]1OCc1ccccc1. The van der Waals surface area contributed by atoms with Gasteiger partial charge in [0.25, 0.3) is 0 Å². The second kappa shape index (κ2) is 26.4. The van der Waals surface area contributed by atoms with Crippen LogP contribution in [-0.4, -0.2) is 87.7 Å². The molecule has 2 heterocycles. The van der Waals surface area contributed by atoms with Gasteiger partial charge in [0.15, 0.2) is 18.7 Å². The van der Waals surface area contributed by atoms with E-state index in [0.29, 0.717) is 6.61 Å². The molecule has 2 saturated heterocycles. The molecule has 69 heavy (non-hydrogen) atoms. The van der Waals surface area contributed by atoms with Crippen LogP contribution < -0.4 is 0 Å². The van der Waals surface area contributed by atoms with Gasteiger partial charge in [0.05, 0.1) is 52.9 Å². The van der Waals surface area contributed by atoms with Gasteiger partial charge < -0.3 is 52.1 Å². The van der Waals surface area contributed by atoms with Crippen molar-refractivity contribution in [2.45, 2.75) is 108 Å². The molecule has 0 aliphatic carbocycles. The van der Waals surface area contributed by atoms with E-state index in [9.17, 15) is 4.79 Å². The van der Waals surface area contributed by atoms with E-state index < -0.39 is 67.4 Å². The van der Waals surface area contributed by atoms with Crippen molar-refractivity contribution >= 4 is 5.97 Å². The number of ether oxygens (including phenoxy) is 11. The van der Waals surface area contributed by atoms with Gasteiger partial charge in [-0.05, 0) is 33.4 Å². The Labute approximate surface area is 405 Å². The van der Waals surface area contributed by atoms with Crippen molar-refractivity contribution in [3.8, 4) is 0 Å². The van der Waals surface area contributed by atoms with Crippen LogP contribution in [0.3, 0.4) is 0 Å². The lowest BCUT2D eigenvalue weighted by Gasteiger charge is -2.47. The Bertz CT molecular complexity index is 2350. The maximum Gasteiger partial charge on any atom is 0.303 e. The lowest BCUT2D eigenvalue weighted by molar-refractivity contribution is -0.347. The summed E-state index contributed by atoms with van der Waals surface area (Å²) in [6.45, 7) is 2.90. The standard InChI is InChI=1S/C57H62O12/c1-41(58)67-55-53(64-37-46-29-17-7-18-30-46)50(61-34-43-23-11-4-12-24-43)48(39-60-33-42-21-9-3-10-22-42)69-57(55)66-40-49-51(62-35-44-25-13-5-14-26-44)52(63-36-45-27-15-6-16-28-45)54(56(59-2)68-49)65-38-47-31-19-8-20-32-47/h3-32,48-57H,33-40H2,1-2H3/t48-,49-,50+,51-,52+,53+,54-,55-,56+,57-/m1/s1. The molecule has 2 fully saturated rings. The lowest BCUT2D eigenvalue weighted by atomic mass is 9.97. The summed E-state index contributed by atoms with van der Waals surface area (Å²) < 4.78 is 72.9. The summed E-state index contributed by atoms with van der Waals surface area (Å²) in [4.78, 5) is 13.1. The minimum Gasteiger partial charge on any atom is -0.454 e. The molecular formula is C57H62O12. The summed E-state index contributed by atoms with van der Waals surface area (Å²) in [5.41, 5.74) is 5.77. The van der Waals surface area contributed by atoms with E-state index in [1.807, 2.05) is 182 Å². The molecule has 0 spiro atoms. The number of carbonyl (C=O) groups excluding carboxylic acids is 1. The molecule has 0 unspecified atom stereocenters. The van der Waals surface area contributed by atoms with E-state index in [1.165, 1.54) is 6.92 Å². The van der Waals surface area contributed by atoms with Crippen LogP contribution in [0.1, 0.15) is 40.3 Å². The van der Waals surface area contributed by atoms with E-state index in [4.69, 9.17) is 52.1 Å². The van der Waals surface area contributed by atoms with Crippen LogP contribution in [0.15, 0.2) is 182 Å². The predicted molar refractivity (Wildman–Crippen MR) is 257 cm³/mol. The second-order valence-electron chi connectivity index (χ2n) is 17.0. The molecule has 2 aliphatic rings. The van der Waals surface area contributed by atoms with Gasteiger partial charge in [0.2, 0.25) is 0 Å². The minimum absolute atomic E-state index is 0.100. The normalized spacial score (nSPS) is 24.7. The Morgan fingerprint density at radius 3 is 1.07 bits per heavy atom. The Hall–Kier alpha value is -5.61. The van der Waals surface area contributed by atoms with Crippen molar-refractivity contribution in [3.63, 3.8) is 0 Å². The quantitative estimate of drug-likeness (QED) is 0.0539. The van der Waals surface area contributed by atoms with Gasteiger partial charge in [0.1, 0.15) is 42.7 Å². The summed E-state index contributed by atoms with van der Waals surface area (Å²) in [6, 6.07) is 59.3. The van der Waals surface area contributed by atoms with Crippen molar-refractivity contribution in [2.24, 2.45) is 0 Å². The number of methoxy groups -OCH3 is 1.